The number of carbonyl (C=O) groups excluding carboxylic acids is 2. The zero-order valence-electron chi connectivity index (χ0n) is 22.2. The van der Waals surface area contributed by atoms with E-state index in [9.17, 15) is 19.5 Å². The van der Waals surface area contributed by atoms with Crippen molar-refractivity contribution in [3.63, 3.8) is 0 Å². The maximum atomic E-state index is 13.7. The molecule has 3 aromatic carbocycles. The number of carbonyl (C=O) groups is 3. The summed E-state index contributed by atoms with van der Waals surface area (Å²) < 4.78 is 5.74. The number of ether oxygens (including phenoxy) is 1. The lowest BCUT2D eigenvalue weighted by Gasteiger charge is -2.31. The van der Waals surface area contributed by atoms with Gasteiger partial charge in [-0.1, -0.05) is 84.9 Å². The van der Waals surface area contributed by atoms with E-state index >= 15 is 0 Å². The van der Waals surface area contributed by atoms with Gasteiger partial charge in [-0.05, 0) is 47.3 Å². The zero-order chi connectivity index (χ0) is 28.1. The van der Waals surface area contributed by atoms with Crippen molar-refractivity contribution in [1.29, 1.82) is 0 Å². The molecule has 0 bridgehead atoms. The highest BCUT2D eigenvalue weighted by molar-refractivity contribution is 7.98. The molecular weight excluding hydrogens is 524 g/mol. The third kappa shape index (κ3) is 5.42. The molecule has 2 aliphatic rings. The average Bonchev–Trinajstić information content (AvgIpc) is 3.46. The number of para-hydroxylation sites is 1. The molecule has 7 nitrogen and oxygen atoms in total. The Morgan fingerprint density at radius 1 is 0.950 bits per heavy atom. The molecule has 0 saturated carbocycles. The number of carboxylic acid groups (broad SMARTS) is 1. The summed E-state index contributed by atoms with van der Waals surface area (Å²) in [7, 11) is 0. The second kappa shape index (κ2) is 12.1. The van der Waals surface area contributed by atoms with Crippen molar-refractivity contribution in [2.45, 2.75) is 18.0 Å². The molecule has 0 aromatic heterocycles. The zero-order valence-corrected chi connectivity index (χ0v) is 23.1. The van der Waals surface area contributed by atoms with E-state index in [-0.39, 0.29) is 25.5 Å². The molecule has 0 aliphatic carbocycles. The lowest BCUT2D eigenvalue weighted by Crippen LogP contribution is -2.56. The van der Waals surface area contributed by atoms with Gasteiger partial charge in [-0.15, -0.1) is 0 Å². The fraction of sp³-hybridized carbons (Fsp3) is 0.281. The molecule has 40 heavy (non-hydrogen) atoms. The Bertz CT molecular complexity index is 1380. The largest absolute Gasteiger partial charge is 0.492 e. The number of aliphatic carboxylic acids is 1. The highest BCUT2D eigenvalue weighted by Crippen LogP contribution is 2.50. The van der Waals surface area contributed by atoms with Crippen LogP contribution in [0.1, 0.15) is 29.2 Å². The van der Waals surface area contributed by atoms with Crippen LogP contribution in [-0.2, 0) is 14.4 Å². The van der Waals surface area contributed by atoms with Crippen LogP contribution < -0.4 is 10.1 Å². The molecule has 2 aliphatic heterocycles. The van der Waals surface area contributed by atoms with Gasteiger partial charge in [0, 0.05) is 6.04 Å². The maximum Gasteiger partial charge on any atom is 0.324 e. The second-order valence-corrected chi connectivity index (χ2v) is 11.0. The number of hydrogen-bond acceptors (Lipinski definition) is 6. The summed E-state index contributed by atoms with van der Waals surface area (Å²) in [6, 6.07) is 26.2. The number of nitrogens with zero attached hydrogens (tertiary/aromatic N) is 1. The predicted octanol–water partition coefficient (Wildman–Crippen LogP) is 4.76. The van der Waals surface area contributed by atoms with Gasteiger partial charge in [0.1, 0.15) is 17.9 Å². The summed E-state index contributed by atoms with van der Waals surface area (Å²) in [5.41, 5.74) is 1.30. The summed E-state index contributed by atoms with van der Waals surface area (Å²) in [4.78, 5) is 41.4. The van der Waals surface area contributed by atoms with Gasteiger partial charge in [-0.25, -0.2) is 0 Å². The quantitative estimate of drug-likeness (QED) is 0.260. The van der Waals surface area contributed by atoms with Crippen LogP contribution in [0.25, 0.3) is 12.2 Å². The molecule has 2 saturated heterocycles. The van der Waals surface area contributed by atoms with Crippen LogP contribution in [0.4, 0.5) is 0 Å². The SMILES string of the molecule is CSCCC1(C(=O)O)NC(c2ccc(/C=C/c3ccccc3)cc2)C2C(=O)N(CCOc3ccccc3)C(=O)C21. The molecule has 8 heteroatoms. The molecule has 4 atom stereocenters. The Labute approximate surface area is 238 Å². The molecule has 4 unspecified atom stereocenters. The molecule has 2 N–H and O–H groups in total. The van der Waals surface area contributed by atoms with Gasteiger partial charge < -0.3 is 9.84 Å². The van der Waals surface area contributed by atoms with Gasteiger partial charge in [0.05, 0.1) is 18.4 Å². The summed E-state index contributed by atoms with van der Waals surface area (Å²) >= 11 is 1.51. The molecule has 2 amide bonds. The summed E-state index contributed by atoms with van der Waals surface area (Å²) in [6.45, 7) is 0.195. The lowest BCUT2D eigenvalue weighted by atomic mass is 9.78. The normalized spacial score (nSPS) is 24.0. The van der Waals surface area contributed by atoms with E-state index < -0.39 is 35.3 Å². The number of nitrogens with one attached hydrogen (secondary N) is 1. The predicted molar refractivity (Wildman–Crippen MR) is 157 cm³/mol. The Balaban J connectivity index is 1.40. The van der Waals surface area contributed by atoms with Crippen molar-refractivity contribution in [3.05, 3.63) is 102 Å². The minimum absolute atomic E-state index is 0.0632. The Kier molecular flexibility index (Phi) is 8.38. The van der Waals surface area contributed by atoms with Gasteiger partial charge >= 0.3 is 5.97 Å². The van der Waals surface area contributed by atoms with Crippen LogP contribution in [0.5, 0.6) is 5.75 Å². The fourth-order valence-electron chi connectivity index (χ4n) is 5.71. The molecule has 0 radical (unpaired) electrons. The van der Waals surface area contributed by atoms with Crippen molar-refractivity contribution < 1.29 is 24.2 Å². The minimum Gasteiger partial charge on any atom is -0.492 e. The Hall–Kier alpha value is -3.88. The monoisotopic (exact) mass is 556 g/mol. The van der Waals surface area contributed by atoms with Gasteiger partial charge in [0.2, 0.25) is 11.8 Å². The van der Waals surface area contributed by atoms with Crippen molar-refractivity contribution >= 4 is 41.7 Å². The summed E-state index contributed by atoms with van der Waals surface area (Å²) in [6.07, 6.45) is 6.15. The molecule has 3 aromatic rings. The lowest BCUT2D eigenvalue weighted by molar-refractivity contribution is -0.151. The molecule has 206 valence electrons. The number of thioether (sulfide) groups is 1. The number of carboxylic acids is 1. The van der Waals surface area contributed by atoms with E-state index in [1.165, 1.54) is 16.7 Å². The van der Waals surface area contributed by atoms with E-state index in [2.05, 4.69) is 5.32 Å². The van der Waals surface area contributed by atoms with Crippen LogP contribution in [0.2, 0.25) is 0 Å². The molecule has 2 fully saturated rings. The van der Waals surface area contributed by atoms with E-state index in [4.69, 9.17) is 4.74 Å². The minimum atomic E-state index is -1.54. The number of imide groups is 1. The van der Waals surface area contributed by atoms with Gasteiger partial charge in [0.15, 0.2) is 0 Å². The standard InChI is InChI=1S/C32H32N2O5S/c1-40-21-18-32(31(37)38)27-26(29(35)34(30(27)36)19-20-39-25-10-6-3-7-11-25)28(33-32)24-16-14-23(15-17-24)13-12-22-8-4-2-5-9-22/h2-17,26-28,33H,18-21H2,1H3,(H,37,38)/b13-12+. The third-order valence-electron chi connectivity index (χ3n) is 7.72. The Morgan fingerprint density at radius 3 is 2.20 bits per heavy atom. The van der Waals surface area contributed by atoms with E-state index in [0.29, 0.717) is 11.5 Å². The highest BCUT2D eigenvalue weighted by atomic mass is 32.2. The highest BCUT2D eigenvalue weighted by Gasteiger charge is 2.68. The number of fused-ring (bicyclic) bond motifs is 1. The van der Waals surface area contributed by atoms with E-state index in [1.54, 1.807) is 12.1 Å². The number of benzene rings is 3. The van der Waals surface area contributed by atoms with E-state index in [1.807, 2.05) is 91.2 Å². The second-order valence-electron chi connectivity index (χ2n) is 10.0. The Morgan fingerprint density at radius 2 is 1.57 bits per heavy atom. The van der Waals surface area contributed by atoms with E-state index in [0.717, 1.165) is 16.7 Å². The number of likely N-dealkylation sites (tertiary alicyclic amines) is 1. The first-order chi connectivity index (χ1) is 19.4. The summed E-state index contributed by atoms with van der Waals surface area (Å²) in [5.74, 6) is -2.54. The fourth-order valence-corrected chi connectivity index (χ4v) is 6.23. The third-order valence-corrected chi connectivity index (χ3v) is 8.33. The number of hydrogen-bond donors (Lipinski definition) is 2. The van der Waals surface area contributed by atoms with Crippen molar-refractivity contribution in [3.8, 4) is 5.75 Å². The van der Waals surface area contributed by atoms with Crippen LogP contribution in [0.15, 0.2) is 84.9 Å². The maximum absolute atomic E-state index is 13.7. The molecule has 5 rings (SSSR count). The molecule has 2 heterocycles. The smallest absolute Gasteiger partial charge is 0.324 e. The summed E-state index contributed by atoms with van der Waals surface area (Å²) in [5, 5.41) is 13.7. The van der Waals surface area contributed by atoms with Crippen LogP contribution in [0, 0.1) is 11.8 Å². The number of rotatable bonds is 11. The average molecular weight is 557 g/mol. The van der Waals surface area contributed by atoms with Gasteiger partial charge in [0.25, 0.3) is 0 Å². The first kappa shape index (κ1) is 27.7. The van der Waals surface area contributed by atoms with Crippen LogP contribution in [0.3, 0.4) is 0 Å². The topological polar surface area (TPSA) is 95.9 Å². The van der Waals surface area contributed by atoms with Crippen molar-refractivity contribution in [1.82, 2.24) is 10.2 Å². The van der Waals surface area contributed by atoms with Crippen LogP contribution >= 0.6 is 11.8 Å². The first-order valence-corrected chi connectivity index (χ1v) is 14.7. The van der Waals surface area contributed by atoms with Gasteiger partial charge in [-0.2, -0.15) is 11.8 Å². The van der Waals surface area contributed by atoms with Crippen molar-refractivity contribution in [2.24, 2.45) is 11.8 Å². The molecular formula is C32H32N2O5S. The van der Waals surface area contributed by atoms with Gasteiger partial charge in [-0.3, -0.25) is 24.6 Å². The molecule has 0 spiro atoms. The van der Waals surface area contributed by atoms with Crippen molar-refractivity contribution in [2.75, 3.05) is 25.2 Å². The first-order valence-electron chi connectivity index (χ1n) is 13.3. The number of amides is 2. The van der Waals surface area contributed by atoms with Crippen LogP contribution in [-0.4, -0.2) is 58.5 Å².